The number of alkyl halides is 1. The van der Waals surface area contributed by atoms with Gasteiger partial charge in [0.1, 0.15) is 36.9 Å². The Labute approximate surface area is 159 Å². The second-order valence-electron chi connectivity index (χ2n) is 7.06. The Morgan fingerprint density at radius 1 is 1.04 bits per heavy atom. The average molecular weight is 377 g/mol. The Kier molecular flexibility index (Phi) is 6.07. The Morgan fingerprint density at radius 2 is 1.54 bits per heavy atom. The van der Waals surface area contributed by atoms with E-state index in [1.54, 1.807) is 0 Å². The van der Waals surface area contributed by atoms with Crippen LogP contribution in [0.4, 0.5) is 0 Å². The molecule has 0 saturated carbocycles. The Bertz CT molecular complexity index is 693. The Hall–Kier alpha value is -1.75. The topological polar surface area (TPSA) is 51.2 Å². The molecule has 0 bridgehead atoms. The molecular formula is C21H25ClO4. The number of benzene rings is 2. The minimum atomic E-state index is -0.653. The molecule has 0 aliphatic carbocycles. The molecule has 1 fully saturated rings. The maximum Gasteiger partial charge on any atom is 0.119 e. The molecule has 5 heteroatoms. The van der Waals surface area contributed by atoms with Gasteiger partial charge < -0.3 is 19.3 Å². The van der Waals surface area contributed by atoms with Gasteiger partial charge in [-0.3, -0.25) is 0 Å². The average Bonchev–Trinajstić information content (AvgIpc) is 3.49. The fraction of sp³-hybridized carbons (Fsp3) is 0.429. The van der Waals surface area contributed by atoms with Crippen molar-refractivity contribution in [3.63, 3.8) is 0 Å². The van der Waals surface area contributed by atoms with Crippen LogP contribution in [-0.2, 0) is 10.2 Å². The number of hydrogen-bond acceptors (Lipinski definition) is 4. The third kappa shape index (κ3) is 4.91. The summed E-state index contributed by atoms with van der Waals surface area (Å²) in [6, 6.07) is 16.2. The van der Waals surface area contributed by atoms with Crippen LogP contribution in [0.15, 0.2) is 48.5 Å². The second kappa shape index (κ2) is 8.30. The van der Waals surface area contributed by atoms with Crippen LogP contribution in [0, 0.1) is 0 Å². The van der Waals surface area contributed by atoms with Crippen LogP contribution in [0.5, 0.6) is 11.5 Å². The van der Waals surface area contributed by atoms with Gasteiger partial charge in [0.05, 0.1) is 12.5 Å². The fourth-order valence-corrected chi connectivity index (χ4v) is 2.78. The predicted molar refractivity (Wildman–Crippen MR) is 102 cm³/mol. The summed E-state index contributed by atoms with van der Waals surface area (Å²) in [5.41, 5.74) is 2.24. The highest BCUT2D eigenvalue weighted by Crippen LogP contribution is 2.33. The molecule has 2 atom stereocenters. The highest BCUT2D eigenvalue weighted by molar-refractivity contribution is 6.18. The molecule has 3 rings (SSSR count). The second-order valence-corrected chi connectivity index (χ2v) is 7.37. The molecule has 1 heterocycles. The predicted octanol–water partition coefficient (Wildman–Crippen LogP) is 3.77. The van der Waals surface area contributed by atoms with Crippen molar-refractivity contribution >= 4 is 11.6 Å². The number of halogens is 1. The zero-order valence-electron chi connectivity index (χ0n) is 15.2. The van der Waals surface area contributed by atoms with Gasteiger partial charge in [-0.1, -0.05) is 38.1 Å². The fourth-order valence-electron chi connectivity index (χ4n) is 2.69. The number of hydrogen-bond donors (Lipinski definition) is 1. The monoisotopic (exact) mass is 376 g/mol. The van der Waals surface area contributed by atoms with Crippen LogP contribution < -0.4 is 9.47 Å². The van der Waals surface area contributed by atoms with Crippen LogP contribution in [0.1, 0.15) is 25.0 Å². The number of aliphatic hydroxyl groups is 1. The molecule has 140 valence electrons. The van der Waals surface area contributed by atoms with Crippen molar-refractivity contribution in [3.8, 4) is 11.5 Å². The summed E-state index contributed by atoms with van der Waals surface area (Å²) >= 11 is 5.58. The summed E-state index contributed by atoms with van der Waals surface area (Å²) < 4.78 is 16.4. The van der Waals surface area contributed by atoms with Crippen molar-refractivity contribution in [1.82, 2.24) is 0 Å². The SMILES string of the molecule is CC(C)(c1ccc(OCC2CO2)cc1)c1ccc(OC[C@H](O)CCl)cc1. The van der Waals surface area contributed by atoms with Gasteiger partial charge in [0.2, 0.25) is 0 Å². The van der Waals surface area contributed by atoms with E-state index < -0.39 is 6.10 Å². The molecule has 2 aromatic carbocycles. The molecule has 2 aromatic rings. The van der Waals surface area contributed by atoms with E-state index >= 15 is 0 Å². The third-order valence-corrected chi connectivity index (χ3v) is 4.97. The number of ether oxygens (including phenoxy) is 3. The van der Waals surface area contributed by atoms with Gasteiger partial charge in [0, 0.05) is 5.41 Å². The Balaban J connectivity index is 1.64. The lowest BCUT2D eigenvalue weighted by molar-refractivity contribution is 0.125. The van der Waals surface area contributed by atoms with E-state index in [9.17, 15) is 5.11 Å². The van der Waals surface area contributed by atoms with Crippen LogP contribution in [-0.4, -0.2) is 43.0 Å². The summed E-state index contributed by atoms with van der Waals surface area (Å²) in [6.45, 7) is 5.99. The Morgan fingerprint density at radius 3 is 2.00 bits per heavy atom. The maximum atomic E-state index is 9.47. The van der Waals surface area contributed by atoms with Gasteiger partial charge in [-0.05, 0) is 35.4 Å². The molecular weight excluding hydrogens is 352 g/mol. The van der Waals surface area contributed by atoms with Crippen molar-refractivity contribution < 1.29 is 19.3 Å². The quantitative estimate of drug-likeness (QED) is 0.534. The lowest BCUT2D eigenvalue weighted by Crippen LogP contribution is -2.20. The third-order valence-electron chi connectivity index (χ3n) is 4.61. The van der Waals surface area contributed by atoms with E-state index in [0.717, 1.165) is 18.1 Å². The highest BCUT2D eigenvalue weighted by Gasteiger charge is 2.24. The molecule has 4 nitrogen and oxygen atoms in total. The first-order valence-electron chi connectivity index (χ1n) is 8.81. The molecule has 1 saturated heterocycles. The summed E-state index contributed by atoms with van der Waals surface area (Å²) in [7, 11) is 0. The molecule has 1 aliphatic rings. The molecule has 0 amide bonds. The molecule has 1 aliphatic heterocycles. The molecule has 0 spiro atoms. The first kappa shape index (κ1) is 19.0. The van der Waals surface area contributed by atoms with Gasteiger partial charge in [-0.15, -0.1) is 11.6 Å². The van der Waals surface area contributed by atoms with Crippen LogP contribution in [0.2, 0.25) is 0 Å². The first-order valence-corrected chi connectivity index (χ1v) is 9.35. The van der Waals surface area contributed by atoms with E-state index in [4.69, 9.17) is 25.8 Å². The molecule has 0 aromatic heterocycles. The van der Waals surface area contributed by atoms with Crippen molar-refractivity contribution in [2.75, 3.05) is 25.7 Å². The van der Waals surface area contributed by atoms with Gasteiger partial charge in [-0.2, -0.15) is 0 Å². The van der Waals surface area contributed by atoms with Crippen molar-refractivity contribution in [2.24, 2.45) is 0 Å². The van der Waals surface area contributed by atoms with Crippen LogP contribution in [0.25, 0.3) is 0 Å². The molecule has 1 N–H and O–H groups in total. The minimum absolute atomic E-state index is 0.147. The van der Waals surface area contributed by atoms with Gasteiger partial charge in [0.25, 0.3) is 0 Å². The van der Waals surface area contributed by atoms with Crippen LogP contribution in [0.3, 0.4) is 0 Å². The minimum Gasteiger partial charge on any atom is -0.491 e. The van der Waals surface area contributed by atoms with Gasteiger partial charge in [-0.25, -0.2) is 0 Å². The molecule has 1 unspecified atom stereocenters. The number of aliphatic hydroxyl groups excluding tert-OH is 1. The number of rotatable bonds is 9. The smallest absolute Gasteiger partial charge is 0.119 e. The van der Waals surface area contributed by atoms with E-state index in [1.807, 2.05) is 24.3 Å². The zero-order valence-corrected chi connectivity index (χ0v) is 15.9. The summed E-state index contributed by atoms with van der Waals surface area (Å²) in [4.78, 5) is 0. The highest BCUT2D eigenvalue weighted by atomic mass is 35.5. The van der Waals surface area contributed by atoms with E-state index in [1.165, 1.54) is 11.1 Å². The summed E-state index contributed by atoms with van der Waals surface area (Å²) in [5.74, 6) is 1.75. The summed E-state index contributed by atoms with van der Waals surface area (Å²) in [6.07, 6.45) is -0.391. The van der Waals surface area contributed by atoms with Crippen molar-refractivity contribution in [3.05, 3.63) is 59.7 Å². The first-order chi connectivity index (χ1) is 12.5. The van der Waals surface area contributed by atoms with Gasteiger partial charge >= 0.3 is 0 Å². The number of epoxide rings is 1. The standard InChI is InChI=1S/C21H25ClO4/c1-21(2,15-3-7-18(8-4-15)24-12-17(23)11-22)16-5-9-19(10-6-16)25-13-20-14-26-20/h3-10,17,20,23H,11-14H2,1-2H3/t17-,20?/m1/s1. The largest absolute Gasteiger partial charge is 0.491 e. The lowest BCUT2D eigenvalue weighted by Gasteiger charge is -2.26. The summed E-state index contributed by atoms with van der Waals surface area (Å²) in [5, 5.41) is 9.47. The van der Waals surface area contributed by atoms with E-state index in [2.05, 4.69) is 38.1 Å². The van der Waals surface area contributed by atoms with E-state index in [0.29, 0.717) is 6.61 Å². The van der Waals surface area contributed by atoms with Crippen molar-refractivity contribution in [1.29, 1.82) is 0 Å². The molecule has 0 radical (unpaired) electrons. The van der Waals surface area contributed by atoms with Gasteiger partial charge in [0.15, 0.2) is 0 Å². The lowest BCUT2D eigenvalue weighted by atomic mass is 9.78. The zero-order chi connectivity index (χ0) is 18.6. The maximum absolute atomic E-state index is 9.47. The van der Waals surface area contributed by atoms with Crippen LogP contribution >= 0.6 is 11.6 Å². The normalized spacial score (nSPS) is 17.6. The van der Waals surface area contributed by atoms with E-state index in [-0.39, 0.29) is 24.0 Å². The molecule has 26 heavy (non-hydrogen) atoms. The van der Waals surface area contributed by atoms with Crippen molar-refractivity contribution in [2.45, 2.75) is 31.5 Å².